The van der Waals surface area contributed by atoms with Gasteiger partial charge in [-0.2, -0.15) is 0 Å². The largest absolute Gasteiger partial charge is 0.457 e. The molecule has 0 aliphatic rings. The van der Waals surface area contributed by atoms with Crippen LogP contribution in [0.3, 0.4) is 0 Å². The molecule has 5 nitrogen and oxygen atoms in total. The summed E-state index contributed by atoms with van der Waals surface area (Å²) >= 11 is 0. The van der Waals surface area contributed by atoms with Gasteiger partial charge in [0.15, 0.2) is 0 Å². The minimum atomic E-state index is -0.433. The Hall–Kier alpha value is -3.05. The Morgan fingerprint density at radius 2 is 1.80 bits per heavy atom. The van der Waals surface area contributed by atoms with Gasteiger partial charge in [-0.15, -0.1) is 0 Å². The van der Waals surface area contributed by atoms with Crippen molar-refractivity contribution in [1.29, 1.82) is 0 Å². The predicted octanol–water partition coefficient (Wildman–Crippen LogP) is 5.08. The third-order valence-corrected chi connectivity index (χ3v) is 5.29. The van der Waals surface area contributed by atoms with Crippen molar-refractivity contribution in [3.05, 3.63) is 71.5 Å². The molecule has 0 radical (unpaired) electrons. The van der Waals surface area contributed by atoms with Gasteiger partial charge in [0.25, 0.3) is 5.91 Å². The van der Waals surface area contributed by atoms with Crippen molar-refractivity contribution in [2.75, 3.05) is 6.61 Å². The molecule has 3 rings (SSSR count). The Morgan fingerprint density at radius 1 is 1.07 bits per heavy atom. The summed E-state index contributed by atoms with van der Waals surface area (Å²) in [5.41, 5.74) is 10.1. The van der Waals surface area contributed by atoms with Crippen LogP contribution in [0.4, 0.5) is 0 Å². The monoisotopic (exact) mass is 406 g/mol. The summed E-state index contributed by atoms with van der Waals surface area (Å²) in [7, 11) is 0. The first kappa shape index (κ1) is 21.7. The fourth-order valence-corrected chi connectivity index (χ4v) is 3.89. The van der Waals surface area contributed by atoms with E-state index >= 15 is 0 Å². The summed E-state index contributed by atoms with van der Waals surface area (Å²) in [5, 5.41) is 9.34. The van der Waals surface area contributed by atoms with Crippen LogP contribution < -0.4 is 10.5 Å². The van der Waals surface area contributed by atoms with E-state index in [1.165, 1.54) is 0 Å². The fraction of sp³-hybridized carbons (Fsp3) is 0.320. The van der Waals surface area contributed by atoms with Crippen molar-refractivity contribution in [1.82, 2.24) is 4.57 Å². The molecule has 1 amide bonds. The maximum Gasteiger partial charge on any atom is 0.251 e. The number of ether oxygens (including phenoxy) is 1. The van der Waals surface area contributed by atoms with Crippen molar-refractivity contribution >= 4 is 5.91 Å². The zero-order valence-electron chi connectivity index (χ0n) is 17.7. The van der Waals surface area contributed by atoms with Crippen molar-refractivity contribution in [3.63, 3.8) is 0 Å². The molecule has 0 atom stereocenters. The number of aliphatic hydroxyl groups excluding tert-OH is 1. The number of unbranched alkanes of at least 4 members (excludes halogenated alkanes) is 1. The van der Waals surface area contributed by atoms with Crippen LogP contribution in [0.25, 0.3) is 11.1 Å². The van der Waals surface area contributed by atoms with Crippen LogP contribution in [0.15, 0.2) is 54.6 Å². The molecule has 0 aliphatic carbocycles. The molecular weight excluding hydrogens is 376 g/mol. The fourth-order valence-electron chi connectivity index (χ4n) is 3.89. The number of rotatable bonds is 10. The van der Waals surface area contributed by atoms with E-state index in [4.69, 9.17) is 10.5 Å². The molecule has 1 aromatic heterocycles. The molecule has 0 saturated carbocycles. The molecule has 3 aromatic rings. The van der Waals surface area contributed by atoms with E-state index in [-0.39, 0.29) is 6.61 Å². The lowest BCUT2D eigenvalue weighted by Crippen LogP contribution is -2.13. The van der Waals surface area contributed by atoms with E-state index in [1.807, 2.05) is 61.5 Å². The maximum atomic E-state index is 12.4. The lowest BCUT2D eigenvalue weighted by atomic mass is 9.97. The number of primary amides is 1. The molecule has 1 heterocycles. The van der Waals surface area contributed by atoms with Crippen LogP contribution in [-0.2, 0) is 13.0 Å². The SMILES string of the molecule is CCCCc1c(-c2cccc(Oc3ccccc3)c2)c(C(N)=O)c(C)n1CCCO. The van der Waals surface area contributed by atoms with Crippen LogP contribution >= 0.6 is 0 Å². The van der Waals surface area contributed by atoms with Gasteiger partial charge in [0.05, 0.1) is 5.56 Å². The van der Waals surface area contributed by atoms with E-state index in [1.54, 1.807) is 0 Å². The number of benzene rings is 2. The number of carbonyl (C=O) groups is 1. The van der Waals surface area contributed by atoms with E-state index in [2.05, 4.69) is 11.5 Å². The van der Waals surface area contributed by atoms with E-state index in [0.717, 1.165) is 47.5 Å². The number of carbonyl (C=O) groups excluding carboxylic acids is 1. The Morgan fingerprint density at radius 3 is 2.47 bits per heavy atom. The van der Waals surface area contributed by atoms with Gasteiger partial charge in [0, 0.05) is 30.1 Å². The molecule has 0 bridgehead atoms. The van der Waals surface area contributed by atoms with Crippen LogP contribution in [0.5, 0.6) is 11.5 Å². The normalized spacial score (nSPS) is 10.9. The van der Waals surface area contributed by atoms with Crippen molar-refractivity contribution in [2.45, 2.75) is 46.1 Å². The molecule has 158 valence electrons. The number of amides is 1. The molecule has 0 aliphatic heterocycles. The number of para-hydroxylation sites is 1. The second-order valence-corrected chi connectivity index (χ2v) is 7.42. The topological polar surface area (TPSA) is 77.5 Å². The third kappa shape index (κ3) is 4.74. The summed E-state index contributed by atoms with van der Waals surface area (Å²) < 4.78 is 8.15. The second kappa shape index (κ2) is 10.1. The first-order valence-corrected chi connectivity index (χ1v) is 10.5. The first-order chi connectivity index (χ1) is 14.6. The summed E-state index contributed by atoms with van der Waals surface area (Å²) in [6.07, 6.45) is 3.53. The zero-order valence-corrected chi connectivity index (χ0v) is 17.7. The molecule has 5 heteroatoms. The van der Waals surface area contributed by atoms with Gasteiger partial charge in [0.2, 0.25) is 0 Å². The van der Waals surface area contributed by atoms with Gasteiger partial charge in [-0.1, -0.05) is 43.7 Å². The van der Waals surface area contributed by atoms with E-state index in [0.29, 0.717) is 24.3 Å². The number of nitrogens with zero attached hydrogens (tertiary/aromatic N) is 1. The quantitative estimate of drug-likeness (QED) is 0.493. The van der Waals surface area contributed by atoms with Gasteiger partial charge in [0.1, 0.15) is 11.5 Å². The summed E-state index contributed by atoms with van der Waals surface area (Å²) in [5.74, 6) is 1.03. The molecule has 0 saturated heterocycles. The predicted molar refractivity (Wildman–Crippen MR) is 120 cm³/mol. The van der Waals surface area contributed by atoms with Gasteiger partial charge in [-0.3, -0.25) is 4.79 Å². The maximum absolute atomic E-state index is 12.4. The standard InChI is InChI=1S/C25H30N2O3/c1-3-4-14-22-24(23(25(26)29)18(2)27(22)15-9-16-28)19-10-8-13-21(17-19)30-20-11-6-5-7-12-20/h5-8,10-13,17,28H,3-4,9,14-16H2,1-2H3,(H2,26,29). The molecule has 30 heavy (non-hydrogen) atoms. The smallest absolute Gasteiger partial charge is 0.251 e. The van der Waals surface area contributed by atoms with E-state index < -0.39 is 5.91 Å². The highest BCUT2D eigenvalue weighted by atomic mass is 16.5. The minimum absolute atomic E-state index is 0.104. The lowest BCUT2D eigenvalue weighted by molar-refractivity contribution is 0.1000. The third-order valence-electron chi connectivity index (χ3n) is 5.29. The van der Waals surface area contributed by atoms with E-state index in [9.17, 15) is 9.90 Å². The first-order valence-electron chi connectivity index (χ1n) is 10.5. The second-order valence-electron chi connectivity index (χ2n) is 7.42. The number of hydrogen-bond acceptors (Lipinski definition) is 3. The van der Waals surface area contributed by atoms with Crippen LogP contribution in [-0.4, -0.2) is 22.2 Å². The molecular formula is C25H30N2O3. The van der Waals surface area contributed by atoms with Crippen LogP contribution in [0, 0.1) is 6.92 Å². The molecule has 2 aromatic carbocycles. The van der Waals surface area contributed by atoms with Gasteiger partial charge < -0.3 is 20.1 Å². The average molecular weight is 407 g/mol. The van der Waals surface area contributed by atoms with Gasteiger partial charge >= 0.3 is 0 Å². The van der Waals surface area contributed by atoms with Gasteiger partial charge in [-0.05, 0) is 56.0 Å². The molecule has 0 spiro atoms. The van der Waals surface area contributed by atoms with Crippen molar-refractivity contribution < 1.29 is 14.6 Å². The Kier molecular flexibility index (Phi) is 7.31. The highest BCUT2D eigenvalue weighted by Gasteiger charge is 2.24. The molecule has 3 N–H and O–H groups in total. The number of hydrogen-bond donors (Lipinski definition) is 2. The molecule has 0 fully saturated rings. The van der Waals surface area contributed by atoms with Crippen molar-refractivity contribution in [3.8, 4) is 22.6 Å². The number of aromatic nitrogens is 1. The van der Waals surface area contributed by atoms with Crippen LogP contribution in [0.1, 0.15) is 47.9 Å². The lowest BCUT2D eigenvalue weighted by Gasteiger charge is -2.13. The van der Waals surface area contributed by atoms with Gasteiger partial charge in [-0.25, -0.2) is 0 Å². The summed E-state index contributed by atoms with van der Waals surface area (Å²) in [4.78, 5) is 12.4. The molecule has 0 unspecified atom stereocenters. The zero-order chi connectivity index (χ0) is 21.5. The highest BCUT2D eigenvalue weighted by Crippen LogP contribution is 2.36. The Balaban J connectivity index is 2.11. The van der Waals surface area contributed by atoms with Crippen molar-refractivity contribution in [2.24, 2.45) is 5.73 Å². The number of aliphatic hydroxyl groups is 1. The Bertz CT molecular complexity index is 993. The average Bonchev–Trinajstić information content (AvgIpc) is 3.03. The highest BCUT2D eigenvalue weighted by molar-refractivity contribution is 6.02. The Labute approximate surface area is 178 Å². The summed E-state index contributed by atoms with van der Waals surface area (Å²) in [6.45, 7) is 4.84. The summed E-state index contributed by atoms with van der Waals surface area (Å²) in [6, 6.07) is 17.4. The number of nitrogens with two attached hydrogens (primary N) is 1. The minimum Gasteiger partial charge on any atom is -0.457 e. The van der Waals surface area contributed by atoms with Crippen LogP contribution in [0.2, 0.25) is 0 Å².